The average molecular weight is 233 g/mol. The van der Waals surface area contributed by atoms with Crippen molar-refractivity contribution in [3.63, 3.8) is 0 Å². The number of aryl methyl sites for hydroxylation is 1. The fraction of sp³-hybridized carbons (Fsp3) is 0.333. The fourth-order valence-corrected chi connectivity index (χ4v) is 1.87. The predicted molar refractivity (Wildman–Crippen MR) is 61.8 cm³/mol. The zero-order chi connectivity index (χ0) is 12.4. The molecule has 89 valence electrons. The van der Waals surface area contributed by atoms with E-state index in [1.165, 1.54) is 0 Å². The van der Waals surface area contributed by atoms with Crippen LogP contribution in [-0.4, -0.2) is 31.6 Å². The minimum absolute atomic E-state index is 0.0794. The van der Waals surface area contributed by atoms with E-state index in [0.29, 0.717) is 18.7 Å². The molecule has 2 amide bonds. The van der Waals surface area contributed by atoms with Gasteiger partial charge in [0.25, 0.3) is 11.8 Å². The number of hydrogen-bond donors (Lipinski definition) is 0. The highest BCUT2D eigenvalue weighted by molar-refractivity contribution is 5.97. The zero-order valence-corrected chi connectivity index (χ0v) is 9.53. The molecule has 17 heavy (non-hydrogen) atoms. The van der Waals surface area contributed by atoms with Gasteiger partial charge >= 0.3 is 0 Å². The SMILES string of the molecule is Cc1cc(C([NH])=O)ccc1N1CCOCC1=O. The Morgan fingerprint density at radius 3 is 2.82 bits per heavy atom. The minimum Gasteiger partial charge on any atom is -0.370 e. The van der Waals surface area contributed by atoms with Crippen molar-refractivity contribution in [3.05, 3.63) is 29.3 Å². The van der Waals surface area contributed by atoms with Crippen molar-refractivity contribution in [3.8, 4) is 0 Å². The Bertz CT molecular complexity index is 471. The van der Waals surface area contributed by atoms with Crippen LogP contribution in [0.3, 0.4) is 0 Å². The number of carbonyl (C=O) groups is 2. The summed E-state index contributed by atoms with van der Waals surface area (Å²) >= 11 is 0. The molecule has 1 fully saturated rings. The van der Waals surface area contributed by atoms with Gasteiger partial charge < -0.3 is 9.64 Å². The molecule has 1 N–H and O–H groups in total. The van der Waals surface area contributed by atoms with E-state index in [4.69, 9.17) is 10.5 Å². The topological polar surface area (TPSA) is 70.4 Å². The molecule has 0 unspecified atom stereocenters. The average Bonchev–Trinajstić information content (AvgIpc) is 2.30. The molecule has 5 nitrogen and oxygen atoms in total. The summed E-state index contributed by atoms with van der Waals surface area (Å²) in [4.78, 5) is 24.2. The van der Waals surface area contributed by atoms with Crippen LogP contribution < -0.4 is 10.6 Å². The van der Waals surface area contributed by atoms with Crippen LogP contribution in [-0.2, 0) is 9.53 Å². The number of rotatable bonds is 2. The van der Waals surface area contributed by atoms with Crippen LogP contribution in [0.4, 0.5) is 5.69 Å². The Morgan fingerprint density at radius 1 is 1.47 bits per heavy atom. The molecular weight excluding hydrogens is 220 g/mol. The van der Waals surface area contributed by atoms with E-state index in [9.17, 15) is 9.59 Å². The molecule has 2 rings (SSSR count). The van der Waals surface area contributed by atoms with Crippen LogP contribution in [0.15, 0.2) is 18.2 Å². The Morgan fingerprint density at radius 2 is 2.24 bits per heavy atom. The Balaban J connectivity index is 2.32. The van der Waals surface area contributed by atoms with Gasteiger partial charge in [0.05, 0.1) is 6.61 Å². The summed E-state index contributed by atoms with van der Waals surface area (Å²) in [5.74, 6) is -0.794. The van der Waals surface area contributed by atoms with Crippen LogP contribution >= 0.6 is 0 Å². The highest BCUT2D eigenvalue weighted by atomic mass is 16.5. The van der Waals surface area contributed by atoms with Crippen LogP contribution in [0.1, 0.15) is 15.9 Å². The lowest BCUT2D eigenvalue weighted by Crippen LogP contribution is -2.42. The molecule has 1 saturated heterocycles. The minimum atomic E-state index is -0.715. The molecule has 0 aromatic heterocycles. The van der Waals surface area contributed by atoms with Crippen molar-refractivity contribution >= 4 is 17.5 Å². The van der Waals surface area contributed by atoms with Gasteiger partial charge in [0.15, 0.2) is 0 Å². The number of hydrogen-bond acceptors (Lipinski definition) is 3. The van der Waals surface area contributed by atoms with Crippen molar-refractivity contribution in [2.45, 2.75) is 6.92 Å². The highest BCUT2D eigenvalue weighted by Crippen LogP contribution is 2.22. The van der Waals surface area contributed by atoms with Crippen molar-refractivity contribution < 1.29 is 14.3 Å². The number of nitrogens with zero attached hydrogens (tertiary/aromatic N) is 1. The summed E-state index contributed by atoms with van der Waals surface area (Å²) < 4.78 is 5.06. The van der Waals surface area contributed by atoms with Gasteiger partial charge in [-0.3, -0.25) is 15.3 Å². The Kier molecular flexibility index (Phi) is 3.10. The molecule has 0 aliphatic carbocycles. The van der Waals surface area contributed by atoms with Crippen molar-refractivity contribution in [1.29, 1.82) is 0 Å². The number of anilines is 1. The second-order valence-electron chi connectivity index (χ2n) is 3.93. The van der Waals surface area contributed by atoms with Gasteiger partial charge in [-0.15, -0.1) is 0 Å². The molecule has 0 spiro atoms. The Labute approximate surface area is 99.2 Å². The zero-order valence-electron chi connectivity index (χ0n) is 9.53. The molecule has 1 aliphatic rings. The molecule has 1 heterocycles. The summed E-state index contributed by atoms with van der Waals surface area (Å²) in [5, 5.41) is 0. The summed E-state index contributed by atoms with van der Waals surface area (Å²) in [7, 11) is 0. The van der Waals surface area contributed by atoms with Gasteiger partial charge in [-0.1, -0.05) is 0 Å². The van der Waals surface area contributed by atoms with Crippen LogP contribution in [0, 0.1) is 6.92 Å². The summed E-state index contributed by atoms with van der Waals surface area (Å²) in [6.45, 7) is 2.96. The lowest BCUT2D eigenvalue weighted by molar-refractivity contribution is -0.125. The quantitative estimate of drug-likeness (QED) is 0.757. The standard InChI is InChI=1S/C12H13N2O3/c1-8-6-9(12(13)16)2-3-10(8)14-4-5-17-7-11(14)15/h2-3,6,13H,4-5,7H2,1H3. The number of amides is 2. The van der Waals surface area contributed by atoms with E-state index >= 15 is 0 Å². The van der Waals surface area contributed by atoms with E-state index in [1.54, 1.807) is 23.1 Å². The highest BCUT2D eigenvalue weighted by Gasteiger charge is 2.21. The fourth-order valence-electron chi connectivity index (χ4n) is 1.87. The van der Waals surface area contributed by atoms with E-state index in [0.717, 1.165) is 11.3 Å². The van der Waals surface area contributed by atoms with E-state index in [2.05, 4.69) is 0 Å². The monoisotopic (exact) mass is 233 g/mol. The summed E-state index contributed by atoms with van der Waals surface area (Å²) in [6, 6.07) is 4.91. The summed E-state index contributed by atoms with van der Waals surface area (Å²) in [5.41, 5.74) is 8.97. The largest absolute Gasteiger partial charge is 0.370 e. The summed E-state index contributed by atoms with van der Waals surface area (Å²) in [6.07, 6.45) is 0. The lowest BCUT2D eigenvalue weighted by Gasteiger charge is -2.28. The van der Waals surface area contributed by atoms with Gasteiger partial charge in [0.2, 0.25) is 0 Å². The van der Waals surface area contributed by atoms with Crippen molar-refractivity contribution in [1.82, 2.24) is 5.73 Å². The predicted octanol–water partition coefficient (Wildman–Crippen LogP) is 0.781. The second-order valence-corrected chi connectivity index (χ2v) is 3.93. The smallest absolute Gasteiger partial charge is 0.269 e. The van der Waals surface area contributed by atoms with Gasteiger partial charge in [-0.2, -0.15) is 0 Å². The maximum atomic E-state index is 11.7. The number of carbonyl (C=O) groups excluding carboxylic acids is 2. The molecule has 0 bridgehead atoms. The second kappa shape index (κ2) is 4.55. The van der Waals surface area contributed by atoms with E-state index in [-0.39, 0.29) is 12.5 Å². The maximum Gasteiger partial charge on any atom is 0.269 e. The molecular formula is C12H13N2O3. The third-order valence-electron chi connectivity index (χ3n) is 2.74. The van der Waals surface area contributed by atoms with E-state index in [1.807, 2.05) is 6.92 Å². The van der Waals surface area contributed by atoms with Crippen LogP contribution in [0.5, 0.6) is 0 Å². The third kappa shape index (κ3) is 2.29. The molecule has 0 atom stereocenters. The first-order valence-corrected chi connectivity index (χ1v) is 5.34. The normalized spacial score (nSPS) is 16.1. The molecule has 1 aromatic rings. The van der Waals surface area contributed by atoms with Crippen LogP contribution in [0.2, 0.25) is 0 Å². The van der Waals surface area contributed by atoms with Gasteiger partial charge in [-0.05, 0) is 30.7 Å². The first kappa shape index (κ1) is 11.6. The molecule has 5 heteroatoms. The molecule has 1 aliphatic heterocycles. The number of ether oxygens (including phenoxy) is 1. The number of nitrogens with one attached hydrogen (secondary N) is 1. The molecule has 1 aromatic carbocycles. The first-order valence-electron chi connectivity index (χ1n) is 5.34. The van der Waals surface area contributed by atoms with Crippen molar-refractivity contribution in [2.75, 3.05) is 24.7 Å². The van der Waals surface area contributed by atoms with Gasteiger partial charge in [0, 0.05) is 17.8 Å². The van der Waals surface area contributed by atoms with Crippen LogP contribution in [0.25, 0.3) is 0 Å². The number of morpholine rings is 1. The van der Waals surface area contributed by atoms with Gasteiger partial charge in [-0.25, -0.2) is 0 Å². The molecule has 0 saturated carbocycles. The Hall–Kier alpha value is -1.88. The first-order chi connectivity index (χ1) is 8.09. The third-order valence-corrected chi connectivity index (χ3v) is 2.74. The molecule has 1 radical (unpaired) electrons. The van der Waals surface area contributed by atoms with Crippen molar-refractivity contribution in [2.24, 2.45) is 0 Å². The maximum absolute atomic E-state index is 11.7. The number of benzene rings is 1. The lowest BCUT2D eigenvalue weighted by atomic mass is 10.1. The van der Waals surface area contributed by atoms with Gasteiger partial charge in [0.1, 0.15) is 6.61 Å². The van der Waals surface area contributed by atoms with E-state index < -0.39 is 5.91 Å².